The molecule has 1 N–H and O–H groups in total. The molecule has 1 aliphatic rings. The first-order valence-electron chi connectivity index (χ1n) is 7.43. The molecule has 1 fully saturated rings. The molecule has 0 bridgehead atoms. The van der Waals surface area contributed by atoms with Crippen LogP contribution in [0.2, 0.25) is 0 Å². The summed E-state index contributed by atoms with van der Waals surface area (Å²) in [6.45, 7) is 7.98. The lowest BCUT2D eigenvalue weighted by Gasteiger charge is -2.37. The minimum absolute atomic E-state index is 0.129. The van der Waals surface area contributed by atoms with Gasteiger partial charge >= 0.3 is 0 Å². The summed E-state index contributed by atoms with van der Waals surface area (Å²) in [6.07, 6.45) is 8.90. The highest BCUT2D eigenvalue weighted by Crippen LogP contribution is 2.37. The van der Waals surface area contributed by atoms with E-state index in [4.69, 9.17) is 4.74 Å². The average Bonchev–Trinajstić information content (AvgIpc) is 2.78. The molecule has 0 radical (unpaired) electrons. The fourth-order valence-electron chi connectivity index (χ4n) is 3.04. The lowest BCUT2D eigenvalue weighted by atomic mass is 9.87. The van der Waals surface area contributed by atoms with Gasteiger partial charge in [-0.25, -0.2) is 0 Å². The lowest BCUT2D eigenvalue weighted by Crippen LogP contribution is -2.50. The second-order valence-electron chi connectivity index (χ2n) is 5.95. The zero-order valence-corrected chi connectivity index (χ0v) is 12.2. The van der Waals surface area contributed by atoms with Gasteiger partial charge in [0, 0.05) is 13.2 Å². The van der Waals surface area contributed by atoms with Crippen molar-refractivity contribution in [3.05, 3.63) is 0 Å². The zero-order chi connectivity index (χ0) is 12.7. The first-order valence-corrected chi connectivity index (χ1v) is 7.43. The van der Waals surface area contributed by atoms with Crippen molar-refractivity contribution in [3.8, 4) is 0 Å². The van der Waals surface area contributed by atoms with Crippen LogP contribution < -0.4 is 5.32 Å². The van der Waals surface area contributed by atoms with Gasteiger partial charge < -0.3 is 10.1 Å². The summed E-state index contributed by atoms with van der Waals surface area (Å²) in [5.41, 5.74) is 0.129. The monoisotopic (exact) mass is 241 g/mol. The van der Waals surface area contributed by atoms with E-state index in [2.05, 4.69) is 26.1 Å². The molecule has 0 amide bonds. The largest absolute Gasteiger partial charge is 0.377 e. The Morgan fingerprint density at radius 3 is 2.29 bits per heavy atom. The van der Waals surface area contributed by atoms with Gasteiger partial charge in [-0.15, -0.1) is 0 Å². The van der Waals surface area contributed by atoms with E-state index in [9.17, 15) is 0 Å². The fraction of sp³-hybridized carbons (Fsp3) is 1.00. The maximum absolute atomic E-state index is 5.93. The van der Waals surface area contributed by atoms with Crippen LogP contribution in [0, 0.1) is 5.92 Å². The van der Waals surface area contributed by atoms with Crippen molar-refractivity contribution in [3.63, 3.8) is 0 Å². The molecule has 2 heteroatoms. The molecule has 102 valence electrons. The Bertz CT molecular complexity index is 197. The smallest absolute Gasteiger partial charge is 0.0830 e. The third-order valence-corrected chi connectivity index (χ3v) is 4.16. The van der Waals surface area contributed by atoms with Gasteiger partial charge in [0.1, 0.15) is 0 Å². The Morgan fingerprint density at radius 2 is 1.82 bits per heavy atom. The van der Waals surface area contributed by atoms with Crippen LogP contribution in [0.15, 0.2) is 0 Å². The van der Waals surface area contributed by atoms with Crippen molar-refractivity contribution in [1.29, 1.82) is 0 Å². The third kappa shape index (κ3) is 4.26. The Morgan fingerprint density at radius 1 is 1.18 bits per heavy atom. The molecule has 1 unspecified atom stereocenters. The maximum atomic E-state index is 5.93. The molecule has 1 atom stereocenters. The number of ether oxygens (including phenoxy) is 1. The molecule has 1 saturated carbocycles. The van der Waals surface area contributed by atoms with Crippen LogP contribution in [0.25, 0.3) is 0 Å². The molecule has 1 rings (SSSR count). The highest BCUT2D eigenvalue weighted by Gasteiger charge is 2.40. The Labute approximate surface area is 108 Å². The van der Waals surface area contributed by atoms with Crippen LogP contribution in [-0.4, -0.2) is 25.3 Å². The van der Waals surface area contributed by atoms with Crippen molar-refractivity contribution in [2.24, 2.45) is 5.92 Å². The summed E-state index contributed by atoms with van der Waals surface area (Å²) >= 11 is 0. The van der Waals surface area contributed by atoms with Crippen molar-refractivity contribution < 1.29 is 4.74 Å². The normalized spacial score (nSPS) is 21.0. The second kappa shape index (κ2) is 7.38. The molecule has 0 aromatic carbocycles. The summed E-state index contributed by atoms with van der Waals surface area (Å²) in [4.78, 5) is 0. The van der Waals surface area contributed by atoms with E-state index < -0.39 is 0 Å². The lowest BCUT2D eigenvalue weighted by molar-refractivity contribution is -0.0388. The molecule has 0 spiro atoms. The number of hydrogen-bond donors (Lipinski definition) is 1. The van der Waals surface area contributed by atoms with Crippen LogP contribution in [0.5, 0.6) is 0 Å². The molecule has 17 heavy (non-hydrogen) atoms. The predicted octanol–water partition coefficient (Wildman–Crippen LogP) is 3.75. The molecule has 2 nitrogen and oxygen atoms in total. The fourth-order valence-corrected chi connectivity index (χ4v) is 3.04. The van der Waals surface area contributed by atoms with Crippen LogP contribution in [0.1, 0.15) is 65.7 Å². The summed E-state index contributed by atoms with van der Waals surface area (Å²) in [5.74, 6) is 0.788. The average molecular weight is 241 g/mol. The highest BCUT2D eigenvalue weighted by molar-refractivity contribution is 4.96. The van der Waals surface area contributed by atoms with Gasteiger partial charge in [0.2, 0.25) is 0 Å². The van der Waals surface area contributed by atoms with Gasteiger partial charge in [-0.2, -0.15) is 0 Å². The Kier molecular flexibility index (Phi) is 6.50. The van der Waals surface area contributed by atoms with Gasteiger partial charge in [-0.05, 0) is 44.6 Å². The molecular formula is C15H31NO. The zero-order valence-electron chi connectivity index (χ0n) is 12.2. The molecular weight excluding hydrogens is 210 g/mol. The number of hydrogen-bond acceptors (Lipinski definition) is 2. The van der Waals surface area contributed by atoms with Crippen molar-refractivity contribution in [1.82, 2.24) is 5.32 Å². The van der Waals surface area contributed by atoms with Gasteiger partial charge in [0.25, 0.3) is 0 Å². The first-order chi connectivity index (χ1) is 8.14. The number of methoxy groups -OCH3 is 1. The summed E-state index contributed by atoms with van der Waals surface area (Å²) in [7, 11) is 1.90. The summed E-state index contributed by atoms with van der Waals surface area (Å²) in [5, 5.41) is 3.73. The molecule has 0 aromatic heterocycles. The van der Waals surface area contributed by atoms with Gasteiger partial charge in [0.15, 0.2) is 0 Å². The van der Waals surface area contributed by atoms with E-state index in [-0.39, 0.29) is 5.60 Å². The number of rotatable bonds is 8. The quantitative estimate of drug-likeness (QED) is 0.699. The van der Waals surface area contributed by atoms with Crippen LogP contribution in [0.3, 0.4) is 0 Å². The highest BCUT2D eigenvalue weighted by atomic mass is 16.5. The minimum Gasteiger partial charge on any atom is -0.377 e. The van der Waals surface area contributed by atoms with Gasteiger partial charge in [-0.3, -0.25) is 0 Å². The van der Waals surface area contributed by atoms with E-state index in [1.54, 1.807) is 0 Å². The van der Waals surface area contributed by atoms with E-state index in [1.165, 1.54) is 44.9 Å². The van der Waals surface area contributed by atoms with Crippen molar-refractivity contribution in [2.75, 3.05) is 13.7 Å². The topological polar surface area (TPSA) is 21.3 Å². The van der Waals surface area contributed by atoms with Crippen LogP contribution in [0.4, 0.5) is 0 Å². The maximum Gasteiger partial charge on any atom is 0.0830 e. The number of nitrogens with one attached hydrogen (secondary N) is 1. The van der Waals surface area contributed by atoms with Crippen LogP contribution in [-0.2, 0) is 4.74 Å². The Hall–Kier alpha value is -0.0800. The molecule has 0 saturated heterocycles. The van der Waals surface area contributed by atoms with Crippen LogP contribution >= 0.6 is 0 Å². The minimum atomic E-state index is 0.129. The predicted molar refractivity (Wildman–Crippen MR) is 74.4 cm³/mol. The van der Waals surface area contributed by atoms with Gasteiger partial charge in [-0.1, -0.05) is 33.6 Å². The third-order valence-electron chi connectivity index (χ3n) is 4.16. The van der Waals surface area contributed by atoms with Crippen molar-refractivity contribution >= 4 is 0 Å². The molecule has 1 aliphatic carbocycles. The molecule has 0 aliphatic heterocycles. The summed E-state index contributed by atoms with van der Waals surface area (Å²) in [6, 6.07) is 0.553. The second-order valence-corrected chi connectivity index (χ2v) is 5.95. The van der Waals surface area contributed by atoms with Crippen molar-refractivity contribution in [2.45, 2.75) is 77.4 Å². The SMILES string of the molecule is CCCNC(CCC(C)C)C1(OC)CCCC1. The van der Waals surface area contributed by atoms with E-state index >= 15 is 0 Å². The first kappa shape index (κ1) is 15.0. The summed E-state index contributed by atoms with van der Waals surface area (Å²) < 4.78 is 5.93. The Balaban J connectivity index is 2.58. The molecule has 0 heterocycles. The van der Waals surface area contributed by atoms with E-state index in [1.807, 2.05) is 7.11 Å². The van der Waals surface area contributed by atoms with E-state index in [0.29, 0.717) is 6.04 Å². The van der Waals surface area contributed by atoms with E-state index in [0.717, 1.165) is 12.5 Å². The van der Waals surface area contributed by atoms with Gasteiger partial charge in [0.05, 0.1) is 5.60 Å². The molecule has 0 aromatic rings. The standard InChI is InChI=1S/C15H31NO/c1-5-12-16-14(9-8-13(2)3)15(17-4)10-6-7-11-15/h13-14,16H,5-12H2,1-4H3.